The van der Waals surface area contributed by atoms with Gasteiger partial charge in [0.15, 0.2) is 0 Å². The van der Waals surface area contributed by atoms with E-state index in [0.29, 0.717) is 24.1 Å². The zero-order valence-electron chi connectivity index (χ0n) is 16.3. The lowest BCUT2D eigenvalue weighted by Crippen LogP contribution is -2.24. The lowest BCUT2D eigenvalue weighted by Gasteiger charge is -2.10. The number of hydrogen-bond donors (Lipinski definition) is 2. The highest BCUT2D eigenvalue weighted by atomic mass is 16.5. The van der Waals surface area contributed by atoms with Crippen molar-refractivity contribution < 1.29 is 9.53 Å². The Labute approximate surface area is 165 Å². The maximum atomic E-state index is 12.5. The number of para-hydroxylation sites is 1. The minimum atomic E-state index is -0.272. The number of nitrogens with zero attached hydrogens (tertiary/aromatic N) is 2. The average Bonchev–Trinajstić information content (AvgIpc) is 2.72. The van der Waals surface area contributed by atoms with E-state index in [1.165, 1.54) is 5.56 Å². The van der Waals surface area contributed by atoms with E-state index >= 15 is 0 Å². The number of methoxy groups -OCH3 is 1. The molecule has 144 valence electrons. The molecule has 0 atom stereocenters. The maximum absolute atomic E-state index is 12.5. The van der Waals surface area contributed by atoms with Crippen LogP contribution in [0, 0.1) is 0 Å². The molecular formula is C22H24N4O2. The van der Waals surface area contributed by atoms with E-state index in [2.05, 4.69) is 46.6 Å². The summed E-state index contributed by atoms with van der Waals surface area (Å²) in [5.41, 5.74) is 3.33. The van der Waals surface area contributed by atoms with Crippen molar-refractivity contribution in [2.45, 2.75) is 26.3 Å². The first-order valence-corrected chi connectivity index (χ1v) is 9.17. The Balaban J connectivity index is 1.66. The number of ether oxygens (including phenoxy) is 1. The van der Waals surface area contributed by atoms with Gasteiger partial charge in [-0.15, -0.1) is 0 Å². The lowest BCUT2D eigenvalue weighted by atomic mass is 10.0. The summed E-state index contributed by atoms with van der Waals surface area (Å²) in [6, 6.07) is 17.2. The van der Waals surface area contributed by atoms with Gasteiger partial charge in [-0.2, -0.15) is 0 Å². The van der Waals surface area contributed by atoms with Gasteiger partial charge in [0, 0.05) is 24.0 Å². The fourth-order valence-corrected chi connectivity index (χ4v) is 2.74. The van der Waals surface area contributed by atoms with Gasteiger partial charge >= 0.3 is 0 Å². The van der Waals surface area contributed by atoms with Crippen LogP contribution >= 0.6 is 0 Å². The Morgan fingerprint density at radius 3 is 2.54 bits per heavy atom. The summed E-state index contributed by atoms with van der Waals surface area (Å²) in [4.78, 5) is 21.0. The van der Waals surface area contributed by atoms with Crippen molar-refractivity contribution in [2.75, 3.05) is 12.4 Å². The van der Waals surface area contributed by atoms with Crippen LogP contribution in [0.2, 0.25) is 0 Å². The second kappa shape index (κ2) is 8.99. The Bertz CT molecular complexity index is 939. The topological polar surface area (TPSA) is 76.1 Å². The standard InChI is InChI=1S/C22H24N4O2/c1-15(2)16-8-10-18(11-9-16)25-22-23-13-12-19(26-22)21(27)24-14-17-6-4-5-7-20(17)28-3/h4-13,15H,14H2,1-3H3,(H,24,27)(H,23,25,26). The number of aromatic nitrogens is 2. The van der Waals surface area contributed by atoms with E-state index < -0.39 is 0 Å². The van der Waals surface area contributed by atoms with Crippen molar-refractivity contribution in [1.29, 1.82) is 0 Å². The van der Waals surface area contributed by atoms with Gasteiger partial charge in [-0.05, 0) is 35.7 Å². The van der Waals surface area contributed by atoms with Crippen molar-refractivity contribution in [3.05, 3.63) is 77.6 Å². The van der Waals surface area contributed by atoms with Crippen LogP contribution in [0.5, 0.6) is 5.75 Å². The molecule has 28 heavy (non-hydrogen) atoms. The van der Waals surface area contributed by atoms with Gasteiger partial charge in [-0.3, -0.25) is 4.79 Å². The van der Waals surface area contributed by atoms with Gasteiger partial charge in [0.1, 0.15) is 11.4 Å². The SMILES string of the molecule is COc1ccccc1CNC(=O)c1ccnc(Nc2ccc(C(C)C)cc2)n1. The van der Waals surface area contributed by atoms with Crippen LogP contribution in [-0.4, -0.2) is 23.0 Å². The number of amides is 1. The minimum Gasteiger partial charge on any atom is -0.496 e. The van der Waals surface area contributed by atoms with Gasteiger partial charge in [0.05, 0.1) is 7.11 Å². The molecule has 0 fully saturated rings. The van der Waals surface area contributed by atoms with Crippen molar-refractivity contribution in [1.82, 2.24) is 15.3 Å². The molecule has 0 radical (unpaired) electrons. The molecule has 0 saturated heterocycles. The normalized spacial score (nSPS) is 10.6. The maximum Gasteiger partial charge on any atom is 0.270 e. The van der Waals surface area contributed by atoms with Crippen molar-refractivity contribution in [3.8, 4) is 5.75 Å². The second-order valence-corrected chi connectivity index (χ2v) is 6.66. The third kappa shape index (κ3) is 4.85. The van der Waals surface area contributed by atoms with Gasteiger partial charge in [-0.25, -0.2) is 9.97 Å². The number of benzene rings is 2. The van der Waals surface area contributed by atoms with Gasteiger partial charge in [0.25, 0.3) is 5.91 Å². The molecule has 3 rings (SSSR count). The highest BCUT2D eigenvalue weighted by Gasteiger charge is 2.10. The molecule has 1 aromatic heterocycles. The van der Waals surface area contributed by atoms with Gasteiger partial charge in [0.2, 0.25) is 5.95 Å². The summed E-state index contributed by atoms with van der Waals surface area (Å²) in [5, 5.41) is 6.00. The molecule has 0 unspecified atom stereocenters. The molecule has 6 heteroatoms. The third-order valence-electron chi connectivity index (χ3n) is 4.35. The summed E-state index contributed by atoms with van der Waals surface area (Å²) >= 11 is 0. The first kappa shape index (κ1) is 19.4. The molecule has 0 spiro atoms. The van der Waals surface area contributed by atoms with E-state index in [1.807, 2.05) is 36.4 Å². The zero-order valence-corrected chi connectivity index (χ0v) is 16.3. The molecule has 0 aliphatic carbocycles. The molecule has 2 aromatic carbocycles. The third-order valence-corrected chi connectivity index (χ3v) is 4.35. The summed E-state index contributed by atoms with van der Waals surface area (Å²) in [6.07, 6.45) is 1.57. The van der Waals surface area contributed by atoms with E-state index in [1.54, 1.807) is 19.4 Å². The van der Waals surface area contributed by atoms with E-state index in [4.69, 9.17) is 4.74 Å². The molecule has 1 heterocycles. The smallest absolute Gasteiger partial charge is 0.270 e. The molecular weight excluding hydrogens is 352 g/mol. The molecule has 0 bridgehead atoms. The fraction of sp³-hybridized carbons (Fsp3) is 0.227. The highest BCUT2D eigenvalue weighted by Crippen LogP contribution is 2.19. The second-order valence-electron chi connectivity index (χ2n) is 6.66. The van der Waals surface area contributed by atoms with Crippen LogP contribution in [0.3, 0.4) is 0 Å². The largest absolute Gasteiger partial charge is 0.496 e. The van der Waals surface area contributed by atoms with Crippen LogP contribution in [0.1, 0.15) is 41.4 Å². The van der Waals surface area contributed by atoms with Gasteiger partial charge in [-0.1, -0.05) is 44.2 Å². The van der Waals surface area contributed by atoms with E-state index in [-0.39, 0.29) is 5.91 Å². The Morgan fingerprint density at radius 1 is 1.07 bits per heavy atom. The number of hydrogen-bond acceptors (Lipinski definition) is 5. The van der Waals surface area contributed by atoms with E-state index in [9.17, 15) is 4.79 Å². The molecule has 3 aromatic rings. The molecule has 0 saturated carbocycles. The van der Waals surface area contributed by atoms with Crippen molar-refractivity contribution in [3.63, 3.8) is 0 Å². The minimum absolute atomic E-state index is 0.272. The number of rotatable bonds is 7. The number of nitrogens with one attached hydrogen (secondary N) is 2. The Hall–Kier alpha value is -3.41. The predicted molar refractivity (Wildman–Crippen MR) is 110 cm³/mol. The molecule has 0 aliphatic heterocycles. The van der Waals surface area contributed by atoms with Gasteiger partial charge < -0.3 is 15.4 Å². The first-order valence-electron chi connectivity index (χ1n) is 9.17. The Morgan fingerprint density at radius 2 is 1.82 bits per heavy atom. The van der Waals surface area contributed by atoms with Crippen LogP contribution in [-0.2, 0) is 6.54 Å². The summed E-state index contributed by atoms with van der Waals surface area (Å²) in [7, 11) is 1.61. The monoisotopic (exact) mass is 376 g/mol. The number of anilines is 2. The lowest BCUT2D eigenvalue weighted by molar-refractivity contribution is 0.0945. The molecule has 2 N–H and O–H groups in total. The fourth-order valence-electron chi connectivity index (χ4n) is 2.74. The van der Waals surface area contributed by atoms with Crippen LogP contribution < -0.4 is 15.4 Å². The zero-order chi connectivity index (χ0) is 19.9. The quantitative estimate of drug-likeness (QED) is 0.644. The molecule has 1 amide bonds. The van der Waals surface area contributed by atoms with Crippen molar-refractivity contribution >= 4 is 17.5 Å². The highest BCUT2D eigenvalue weighted by molar-refractivity contribution is 5.92. The predicted octanol–water partition coefficient (Wildman–Crippen LogP) is 4.28. The summed E-state index contributed by atoms with van der Waals surface area (Å²) in [6.45, 7) is 4.66. The first-order chi connectivity index (χ1) is 13.6. The Kier molecular flexibility index (Phi) is 6.22. The molecule has 0 aliphatic rings. The van der Waals surface area contributed by atoms with Crippen LogP contribution in [0.15, 0.2) is 60.8 Å². The van der Waals surface area contributed by atoms with Crippen LogP contribution in [0.4, 0.5) is 11.6 Å². The number of carbonyl (C=O) groups excluding carboxylic acids is 1. The summed E-state index contributed by atoms with van der Waals surface area (Å²) in [5.74, 6) is 1.31. The number of carbonyl (C=O) groups is 1. The van der Waals surface area contributed by atoms with E-state index in [0.717, 1.165) is 17.0 Å². The van der Waals surface area contributed by atoms with Crippen LogP contribution in [0.25, 0.3) is 0 Å². The molecule has 6 nitrogen and oxygen atoms in total. The summed E-state index contributed by atoms with van der Waals surface area (Å²) < 4.78 is 5.30. The average molecular weight is 376 g/mol. The van der Waals surface area contributed by atoms with Crippen molar-refractivity contribution in [2.24, 2.45) is 0 Å².